The van der Waals surface area contributed by atoms with Crippen molar-refractivity contribution in [3.8, 4) is 0 Å². The molecule has 5 nitrogen and oxygen atoms in total. The van der Waals surface area contributed by atoms with Gasteiger partial charge < -0.3 is 4.74 Å². The van der Waals surface area contributed by atoms with E-state index in [0.717, 1.165) is 77.5 Å². The Labute approximate surface area is 155 Å². The topological polar surface area (TPSA) is 49.9 Å². The summed E-state index contributed by atoms with van der Waals surface area (Å²) in [4.78, 5) is 28.4. The zero-order valence-corrected chi connectivity index (χ0v) is 17.0. The van der Waals surface area contributed by atoms with Crippen molar-refractivity contribution in [2.24, 2.45) is 0 Å². The van der Waals surface area contributed by atoms with Gasteiger partial charge in [-0.1, -0.05) is 53.4 Å². The molecular weight excluding hydrogens is 316 g/mol. The fourth-order valence-corrected chi connectivity index (χ4v) is 2.62. The number of hydrogen-bond donors (Lipinski definition) is 0. The highest BCUT2D eigenvalue weighted by Gasteiger charge is 2.17. The van der Waals surface area contributed by atoms with Crippen LogP contribution in [0.25, 0.3) is 0 Å². The molecule has 0 rings (SSSR count). The van der Waals surface area contributed by atoms with E-state index < -0.39 is 11.9 Å². The summed E-state index contributed by atoms with van der Waals surface area (Å²) in [6.45, 7) is 12.5. The van der Waals surface area contributed by atoms with E-state index in [2.05, 4.69) is 37.5 Å². The molecule has 0 aliphatic rings. The maximum absolute atomic E-state index is 12.1. The number of hydrogen-bond acceptors (Lipinski definition) is 5. The van der Waals surface area contributed by atoms with Gasteiger partial charge in [0.15, 0.2) is 0 Å². The molecule has 0 atom stereocenters. The first kappa shape index (κ1) is 24.1. The van der Waals surface area contributed by atoms with E-state index >= 15 is 0 Å². The lowest BCUT2D eigenvalue weighted by atomic mass is 10.2. The molecule has 25 heavy (non-hydrogen) atoms. The normalized spacial score (nSPS) is 11.3. The minimum atomic E-state index is -0.414. The molecule has 0 heterocycles. The lowest BCUT2D eigenvalue weighted by Crippen LogP contribution is -2.37. The predicted octanol–water partition coefficient (Wildman–Crippen LogP) is 3.86. The van der Waals surface area contributed by atoms with Crippen LogP contribution in [0.4, 0.5) is 0 Å². The molecule has 0 N–H and O–H groups in total. The van der Waals surface area contributed by atoms with Crippen LogP contribution in [-0.2, 0) is 14.3 Å². The molecule has 0 saturated heterocycles. The van der Waals surface area contributed by atoms with Crippen LogP contribution in [0.2, 0.25) is 0 Å². The van der Waals surface area contributed by atoms with Crippen LogP contribution in [0.3, 0.4) is 0 Å². The molecule has 0 aromatic carbocycles. The van der Waals surface area contributed by atoms with E-state index in [4.69, 9.17) is 4.74 Å². The van der Waals surface area contributed by atoms with Gasteiger partial charge in [-0.2, -0.15) is 0 Å². The highest BCUT2D eigenvalue weighted by molar-refractivity contribution is 5.87. The number of rotatable bonds is 16. The second-order valence-electron chi connectivity index (χ2n) is 6.81. The van der Waals surface area contributed by atoms with Crippen molar-refractivity contribution in [3.63, 3.8) is 0 Å². The second kappa shape index (κ2) is 16.5. The average molecular weight is 357 g/mol. The van der Waals surface area contributed by atoms with Gasteiger partial charge in [-0.25, -0.2) is 0 Å². The summed E-state index contributed by atoms with van der Waals surface area (Å²) in [7, 11) is 0. The molecule has 0 amide bonds. The second-order valence-corrected chi connectivity index (χ2v) is 6.81. The van der Waals surface area contributed by atoms with Crippen molar-refractivity contribution in [3.05, 3.63) is 0 Å². The molecule has 148 valence electrons. The van der Waals surface area contributed by atoms with Gasteiger partial charge in [0.2, 0.25) is 0 Å². The SMILES string of the molecule is CCCCN(CCCC)CC(=O)OC(=O)CN(CCCC)CCCC. The van der Waals surface area contributed by atoms with Crippen LogP contribution < -0.4 is 0 Å². The van der Waals surface area contributed by atoms with Gasteiger partial charge in [-0.15, -0.1) is 0 Å². The van der Waals surface area contributed by atoms with Gasteiger partial charge in [-0.3, -0.25) is 19.4 Å². The molecule has 0 aliphatic carbocycles. The monoisotopic (exact) mass is 356 g/mol. The minimum absolute atomic E-state index is 0.218. The highest BCUT2D eigenvalue weighted by atomic mass is 16.6. The van der Waals surface area contributed by atoms with Crippen molar-refractivity contribution in [1.82, 2.24) is 9.80 Å². The van der Waals surface area contributed by atoms with Crippen molar-refractivity contribution < 1.29 is 14.3 Å². The number of carbonyl (C=O) groups is 2. The molecule has 0 spiro atoms. The lowest BCUT2D eigenvalue weighted by Gasteiger charge is -2.22. The Bertz CT molecular complexity index is 300. The molecule has 0 saturated carbocycles. The summed E-state index contributed by atoms with van der Waals surface area (Å²) in [5, 5.41) is 0. The fourth-order valence-electron chi connectivity index (χ4n) is 2.62. The summed E-state index contributed by atoms with van der Waals surface area (Å²) < 4.78 is 5.07. The van der Waals surface area contributed by atoms with Crippen LogP contribution in [0.5, 0.6) is 0 Å². The largest absolute Gasteiger partial charge is 0.391 e. The molecule has 0 aliphatic heterocycles. The van der Waals surface area contributed by atoms with Gasteiger partial charge in [0, 0.05) is 0 Å². The summed E-state index contributed by atoms with van der Waals surface area (Å²) in [5.41, 5.74) is 0. The van der Waals surface area contributed by atoms with E-state index in [0.29, 0.717) is 0 Å². The minimum Gasteiger partial charge on any atom is -0.391 e. The van der Waals surface area contributed by atoms with Gasteiger partial charge >= 0.3 is 11.9 Å². The zero-order valence-electron chi connectivity index (χ0n) is 17.0. The third-order valence-electron chi connectivity index (χ3n) is 4.24. The van der Waals surface area contributed by atoms with Gasteiger partial charge in [0.1, 0.15) is 0 Å². The first-order valence-corrected chi connectivity index (χ1v) is 10.2. The third kappa shape index (κ3) is 14.0. The van der Waals surface area contributed by atoms with E-state index in [1.54, 1.807) is 0 Å². The van der Waals surface area contributed by atoms with Crippen molar-refractivity contribution in [1.29, 1.82) is 0 Å². The molecule has 0 aromatic heterocycles. The Balaban J connectivity index is 4.34. The fraction of sp³-hybridized carbons (Fsp3) is 0.900. The molecule has 5 heteroatoms. The smallest absolute Gasteiger partial charge is 0.327 e. The third-order valence-corrected chi connectivity index (χ3v) is 4.24. The van der Waals surface area contributed by atoms with Crippen LogP contribution >= 0.6 is 0 Å². The number of carbonyl (C=O) groups excluding carboxylic acids is 2. The maximum atomic E-state index is 12.1. The van der Waals surface area contributed by atoms with Crippen LogP contribution in [0.15, 0.2) is 0 Å². The number of ether oxygens (including phenoxy) is 1. The van der Waals surface area contributed by atoms with Crippen molar-refractivity contribution in [2.45, 2.75) is 79.1 Å². The van der Waals surface area contributed by atoms with Crippen molar-refractivity contribution >= 4 is 11.9 Å². The van der Waals surface area contributed by atoms with E-state index in [9.17, 15) is 9.59 Å². The zero-order chi connectivity index (χ0) is 18.9. The summed E-state index contributed by atoms with van der Waals surface area (Å²) >= 11 is 0. The van der Waals surface area contributed by atoms with E-state index in [1.807, 2.05) is 0 Å². The molecule has 0 unspecified atom stereocenters. The Kier molecular flexibility index (Phi) is 15.9. The Hall–Kier alpha value is -0.940. The van der Waals surface area contributed by atoms with Gasteiger partial charge in [0.25, 0.3) is 0 Å². The van der Waals surface area contributed by atoms with Crippen LogP contribution in [0.1, 0.15) is 79.1 Å². The van der Waals surface area contributed by atoms with E-state index in [-0.39, 0.29) is 13.1 Å². The Morgan fingerprint density at radius 1 is 0.600 bits per heavy atom. The first-order valence-electron chi connectivity index (χ1n) is 10.2. The molecular formula is C20H40N2O3. The first-order chi connectivity index (χ1) is 12.1. The maximum Gasteiger partial charge on any atom is 0.327 e. The number of esters is 2. The number of unbranched alkanes of at least 4 members (excludes halogenated alkanes) is 4. The summed E-state index contributed by atoms with van der Waals surface area (Å²) in [5.74, 6) is -0.828. The van der Waals surface area contributed by atoms with Gasteiger partial charge in [-0.05, 0) is 51.9 Å². The predicted molar refractivity (Wildman–Crippen MR) is 104 cm³/mol. The summed E-state index contributed by atoms with van der Waals surface area (Å²) in [6, 6.07) is 0. The summed E-state index contributed by atoms with van der Waals surface area (Å²) in [6.07, 6.45) is 8.64. The highest BCUT2D eigenvalue weighted by Crippen LogP contribution is 2.02. The number of nitrogens with zero attached hydrogens (tertiary/aromatic N) is 2. The Morgan fingerprint density at radius 3 is 1.12 bits per heavy atom. The van der Waals surface area contributed by atoms with Crippen molar-refractivity contribution in [2.75, 3.05) is 39.3 Å². The molecule has 0 bridgehead atoms. The van der Waals surface area contributed by atoms with Crippen LogP contribution in [-0.4, -0.2) is 61.0 Å². The van der Waals surface area contributed by atoms with Gasteiger partial charge in [0.05, 0.1) is 13.1 Å². The quantitative estimate of drug-likeness (QED) is 0.310. The standard InChI is InChI=1S/C20H40N2O3/c1-5-9-13-21(14-10-6-2)17-19(23)25-20(24)18-22(15-11-7-3)16-12-8-4/h5-18H2,1-4H3. The molecule has 0 fully saturated rings. The van der Waals surface area contributed by atoms with Crippen LogP contribution in [0, 0.1) is 0 Å². The van der Waals surface area contributed by atoms with E-state index in [1.165, 1.54) is 0 Å². The molecule has 0 aromatic rings. The molecule has 0 radical (unpaired) electrons. The average Bonchev–Trinajstić information content (AvgIpc) is 2.59. The Morgan fingerprint density at radius 2 is 0.880 bits per heavy atom. The lowest BCUT2D eigenvalue weighted by molar-refractivity contribution is -0.161.